The highest BCUT2D eigenvalue weighted by molar-refractivity contribution is 5.90. The number of carboxylic acid groups (broad SMARTS) is 2. The van der Waals surface area contributed by atoms with Gasteiger partial charge in [0.15, 0.2) is 5.96 Å². The summed E-state index contributed by atoms with van der Waals surface area (Å²) in [5.74, 6) is -1.48. The number of hydrogen-bond donors (Lipinski definition) is 5. The Bertz CT molecular complexity index is 806. The molecule has 9 heteroatoms. The van der Waals surface area contributed by atoms with E-state index in [1.807, 2.05) is 18.5 Å². The number of guanidine groups is 1. The molecule has 9 nitrogen and oxygen atoms in total. The van der Waals surface area contributed by atoms with Gasteiger partial charge in [0.1, 0.15) is 6.04 Å². The summed E-state index contributed by atoms with van der Waals surface area (Å²) in [5.41, 5.74) is 17.0. The number of hydrogen-bond acceptors (Lipinski definition) is 5. The van der Waals surface area contributed by atoms with Gasteiger partial charge >= 0.3 is 11.9 Å². The van der Waals surface area contributed by atoms with Crippen molar-refractivity contribution >= 4 is 17.9 Å². The summed E-state index contributed by atoms with van der Waals surface area (Å²) in [4.78, 5) is 27.0. The molecule has 0 radical (unpaired) electrons. The quantitative estimate of drug-likeness (QED) is 0.246. The van der Waals surface area contributed by atoms with Crippen molar-refractivity contribution in [3.63, 3.8) is 0 Å². The molecule has 0 saturated carbocycles. The summed E-state index contributed by atoms with van der Waals surface area (Å²) in [6, 6.07) is -0.688. The van der Waals surface area contributed by atoms with Gasteiger partial charge in [0, 0.05) is 24.9 Å². The number of carbonyl (C=O) groups is 2. The number of aliphatic imine (C=N–C) groups is 1. The van der Waals surface area contributed by atoms with E-state index in [2.05, 4.69) is 34.2 Å². The van der Waals surface area contributed by atoms with Crippen molar-refractivity contribution in [1.82, 2.24) is 4.90 Å². The largest absolute Gasteiger partial charge is 0.480 e. The topological polar surface area (TPSA) is 168 Å². The summed E-state index contributed by atoms with van der Waals surface area (Å²) in [6.07, 6.45) is 17.7. The van der Waals surface area contributed by atoms with Gasteiger partial charge in [-0.05, 0) is 43.1 Å². The molecule has 29 heavy (non-hydrogen) atoms. The lowest BCUT2D eigenvalue weighted by molar-refractivity contribution is -0.138. The minimum Gasteiger partial charge on any atom is -0.480 e. The second-order valence-corrected chi connectivity index (χ2v) is 6.83. The SMILES string of the molecule is NC(N)=NCCC[C@H](N)C(=O)O.O=C(O)C1=CC2C3CC=CC=C3C=CN2C=C1. The van der Waals surface area contributed by atoms with E-state index in [0.29, 0.717) is 30.9 Å². The highest BCUT2D eigenvalue weighted by Crippen LogP contribution is 2.35. The average Bonchev–Trinajstić information content (AvgIpc) is 2.70. The van der Waals surface area contributed by atoms with E-state index >= 15 is 0 Å². The predicted molar refractivity (Wildman–Crippen MR) is 110 cm³/mol. The third kappa shape index (κ3) is 6.35. The monoisotopic (exact) mass is 401 g/mol. The van der Waals surface area contributed by atoms with E-state index in [0.717, 1.165) is 6.42 Å². The summed E-state index contributed by atoms with van der Waals surface area (Å²) < 4.78 is 0. The first-order valence-electron chi connectivity index (χ1n) is 9.29. The molecular weight excluding hydrogens is 374 g/mol. The number of nitrogens with zero attached hydrogens (tertiary/aromatic N) is 2. The zero-order valence-corrected chi connectivity index (χ0v) is 16.0. The molecule has 156 valence electrons. The Hall–Kier alpha value is -3.33. The van der Waals surface area contributed by atoms with E-state index in [1.165, 1.54) is 5.57 Å². The molecule has 3 aliphatic rings. The Morgan fingerprint density at radius 1 is 1.24 bits per heavy atom. The van der Waals surface area contributed by atoms with Gasteiger partial charge in [-0.25, -0.2) is 4.79 Å². The van der Waals surface area contributed by atoms with Crippen LogP contribution in [0.1, 0.15) is 19.3 Å². The summed E-state index contributed by atoms with van der Waals surface area (Å²) in [7, 11) is 0. The van der Waals surface area contributed by atoms with Crippen LogP contribution in [0.5, 0.6) is 0 Å². The fraction of sp³-hybridized carbons (Fsp3) is 0.350. The molecule has 2 unspecified atom stereocenters. The first kappa shape index (κ1) is 22.0. The maximum Gasteiger partial charge on any atom is 0.335 e. The Balaban J connectivity index is 0.000000223. The van der Waals surface area contributed by atoms with Crippen molar-refractivity contribution < 1.29 is 19.8 Å². The van der Waals surface area contributed by atoms with Gasteiger partial charge in [-0.1, -0.05) is 18.2 Å². The molecule has 3 rings (SSSR count). The predicted octanol–water partition coefficient (Wildman–Crippen LogP) is 0.677. The molecule has 0 amide bonds. The molecule has 2 heterocycles. The molecule has 0 aromatic rings. The van der Waals surface area contributed by atoms with Crippen molar-refractivity contribution in [2.24, 2.45) is 28.1 Å². The van der Waals surface area contributed by atoms with Gasteiger partial charge < -0.3 is 32.3 Å². The third-order valence-electron chi connectivity index (χ3n) is 4.75. The van der Waals surface area contributed by atoms with Crippen molar-refractivity contribution in [2.75, 3.05) is 6.54 Å². The average molecular weight is 401 g/mol. The van der Waals surface area contributed by atoms with Gasteiger partial charge in [0.2, 0.25) is 0 Å². The van der Waals surface area contributed by atoms with E-state index in [-0.39, 0.29) is 12.0 Å². The molecule has 1 aliphatic carbocycles. The lowest BCUT2D eigenvalue weighted by atomic mass is 9.81. The maximum atomic E-state index is 11.0. The second kappa shape index (κ2) is 10.3. The van der Waals surface area contributed by atoms with Crippen LogP contribution >= 0.6 is 0 Å². The highest BCUT2D eigenvalue weighted by Gasteiger charge is 2.31. The number of allylic oxidation sites excluding steroid dienone is 4. The lowest BCUT2D eigenvalue weighted by Gasteiger charge is -2.39. The van der Waals surface area contributed by atoms with Crippen LogP contribution in [0.15, 0.2) is 65.0 Å². The Morgan fingerprint density at radius 2 is 1.97 bits per heavy atom. The second-order valence-electron chi connectivity index (χ2n) is 6.83. The van der Waals surface area contributed by atoms with Crippen LogP contribution in [0.2, 0.25) is 0 Å². The molecule has 0 bridgehead atoms. The number of rotatable bonds is 6. The number of carboxylic acids is 2. The van der Waals surface area contributed by atoms with Crippen LogP contribution in [-0.2, 0) is 9.59 Å². The summed E-state index contributed by atoms with van der Waals surface area (Å²) in [5, 5.41) is 17.4. The van der Waals surface area contributed by atoms with Crippen molar-refractivity contribution in [2.45, 2.75) is 31.3 Å². The van der Waals surface area contributed by atoms with Crippen LogP contribution in [0.3, 0.4) is 0 Å². The third-order valence-corrected chi connectivity index (χ3v) is 4.75. The van der Waals surface area contributed by atoms with Crippen LogP contribution in [0.4, 0.5) is 0 Å². The molecule has 2 aliphatic heterocycles. The van der Waals surface area contributed by atoms with Gasteiger partial charge in [-0.2, -0.15) is 0 Å². The fourth-order valence-electron chi connectivity index (χ4n) is 3.20. The molecule has 0 aromatic carbocycles. The number of nitrogens with two attached hydrogens (primary N) is 3. The minimum atomic E-state index is -1.00. The van der Waals surface area contributed by atoms with Gasteiger partial charge in [-0.15, -0.1) is 0 Å². The smallest absolute Gasteiger partial charge is 0.335 e. The first-order chi connectivity index (χ1) is 13.8. The summed E-state index contributed by atoms with van der Waals surface area (Å²) in [6.45, 7) is 0.420. The van der Waals surface area contributed by atoms with Crippen LogP contribution in [-0.4, -0.2) is 51.6 Å². The molecule has 0 aromatic heterocycles. The molecule has 0 fully saturated rings. The first-order valence-corrected chi connectivity index (χ1v) is 9.29. The van der Waals surface area contributed by atoms with E-state index in [9.17, 15) is 9.59 Å². The normalized spacial score (nSPS) is 22.2. The van der Waals surface area contributed by atoms with Crippen molar-refractivity contribution in [3.05, 3.63) is 60.0 Å². The highest BCUT2D eigenvalue weighted by atomic mass is 16.4. The Labute approximate surface area is 169 Å². The molecular formula is C20H27N5O4. The van der Waals surface area contributed by atoms with Crippen molar-refractivity contribution in [1.29, 1.82) is 0 Å². The zero-order valence-electron chi connectivity index (χ0n) is 16.0. The molecule has 8 N–H and O–H groups in total. The van der Waals surface area contributed by atoms with Gasteiger partial charge in [0.05, 0.1) is 11.6 Å². The Morgan fingerprint density at radius 3 is 2.62 bits per heavy atom. The van der Waals surface area contributed by atoms with Crippen LogP contribution < -0.4 is 17.2 Å². The minimum absolute atomic E-state index is 0.0129. The Kier molecular flexibility index (Phi) is 7.79. The van der Waals surface area contributed by atoms with E-state index < -0.39 is 18.0 Å². The molecule has 3 atom stereocenters. The lowest BCUT2D eigenvalue weighted by Crippen LogP contribution is -2.38. The standard InChI is InChI=1S/C14H13NO2.C6H14N4O2/c16-14(17)11-6-8-15-7-5-10-3-1-2-4-12(10)13(15)9-11;7-4(5(11)12)2-1-3-10-6(8)9/h1-3,5-9,12-13H,4H2,(H,16,17);4H,1-3,7H2,(H,11,12)(H4,8,9,10)/t;4-/m.0/s1. The zero-order chi connectivity index (χ0) is 21.4. The van der Waals surface area contributed by atoms with Gasteiger partial charge in [-0.3, -0.25) is 9.79 Å². The fourth-order valence-corrected chi connectivity index (χ4v) is 3.20. The maximum absolute atomic E-state index is 11.0. The van der Waals surface area contributed by atoms with Gasteiger partial charge in [0.25, 0.3) is 0 Å². The van der Waals surface area contributed by atoms with Crippen LogP contribution in [0, 0.1) is 5.92 Å². The number of aliphatic carboxylic acids is 2. The van der Waals surface area contributed by atoms with Crippen LogP contribution in [0.25, 0.3) is 0 Å². The summed E-state index contributed by atoms with van der Waals surface area (Å²) >= 11 is 0. The number of fused-ring (bicyclic) bond motifs is 3. The molecule has 0 spiro atoms. The van der Waals surface area contributed by atoms with E-state index in [4.69, 9.17) is 27.4 Å². The van der Waals surface area contributed by atoms with Crippen molar-refractivity contribution in [3.8, 4) is 0 Å². The molecule has 0 saturated heterocycles. The van der Waals surface area contributed by atoms with E-state index in [1.54, 1.807) is 6.08 Å².